The first-order chi connectivity index (χ1) is 13.7. The summed E-state index contributed by atoms with van der Waals surface area (Å²) in [5.41, 5.74) is 2.82. The molecule has 2 aromatic heterocycles. The zero-order valence-electron chi connectivity index (χ0n) is 16.2. The van der Waals surface area contributed by atoms with Gasteiger partial charge in [0.05, 0.1) is 12.7 Å². The molecule has 0 spiro atoms. The van der Waals surface area contributed by atoms with E-state index in [1.165, 1.54) is 11.1 Å². The lowest BCUT2D eigenvalue weighted by atomic mass is 9.99. The molecule has 1 amide bonds. The van der Waals surface area contributed by atoms with Crippen LogP contribution in [-0.2, 0) is 13.1 Å². The molecule has 0 radical (unpaired) electrons. The number of carbonyl (C=O) groups is 1. The van der Waals surface area contributed by atoms with Gasteiger partial charge in [-0.2, -0.15) is 5.10 Å². The van der Waals surface area contributed by atoms with E-state index in [4.69, 9.17) is 0 Å². The number of hydrogen-bond donors (Lipinski definition) is 0. The number of carbonyl (C=O) groups excluding carboxylic acids is 1. The summed E-state index contributed by atoms with van der Waals surface area (Å²) in [6.45, 7) is 4.31. The van der Waals surface area contributed by atoms with Gasteiger partial charge in [-0.25, -0.2) is 4.68 Å². The molecule has 1 atom stereocenters. The number of piperidine rings is 1. The van der Waals surface area contributed by atoms with Crippen LogP contribution in [0.15, 0.2) is 48.9 Å². The predicted octanol–water partition coefficient (Wildman–Crippen LogP) is 2.92. The zero-order chi connectivity index (χ0) is 19.3. The lowest BCUT2D eigenvalue weighted by Gasteiger charge is -2.35. The molecule has 1 saturated heterocycles. The van der Waals surface area contributed by atoms with Crippen LogP contribution in [0.25, 0.3) is 0 Å². The second-order valence-corrected chi connectivity index (χ2v) is 7.43. The van der Waals surface area contributed by atoms with Crippen LogP contribution in [-0.4, -0.2) is 48.2 Å². The molecule has 4 rings (SSSR count). The van der Waals surface area contributed by atoms with Gasteiger partial charge in [0.2, 0.25) is 0 Å². The number of likely N-dealkylation sites (tertiary alicyclic amines) is 1. The molecule has 28 heavy (non-hydrogen) atoms. The summed E-state index contributed by atoms with van der Waals surface area (Å²) in [6.07, 6.45) is 9.67. The van der Waals surface area contributed by atoms with Crippen molar-refractivity contribution in [3.8, 4) is 0 Å². The van der Waals surface area contributed by atoms with Gasteiger partial charge in [0.25, 0.3) is 5.91 Å². The van der Waals surface area contributed by atoms with Gasteiger partial charge in [-0.05, 0) is 49.8 Å². The Balaban J connectivity index is 1.43. The van der Waals surface area contributed by atoms with Gasteiger partial charge in [-0.15, -0.1) is 5.10 Å². The highest BCUT2D eigenvalue weighted by Crippen LogP contribution is 2.22. The van der Waals surface area contributed by atoms with Crippen LogP contribution in [0, 0.1) is 6.92 Å². The van der Waals surface area contributed by atoms with Gasteiger partial charge in [0.1, 0.15) is 0 Å². The van der Waals surface area contributed by atoms with E-state index in [0.717, 1.165) is 38.8 Å². The molecule has 0 aliphatic carbocycles. The average molecular weight is 378 g/mol. The summed E-state index contributed by atoms with van der Waals surface area (Å²) < 4.78 is 3.67. The average Bonchev–Trinajstić information content (AvgIpc) is 3.40. The Morgan fingerprint density at radius 2 is 2.07 bits per heavy atom. The van der Waals surface area contributed by atoms with E-state index in [1.807, 2.05) is 34.0 Å². The molecule has 0 saturated carbocycles. The molecule has 0 N–H and O–H groups in total. The van der Waals surface area contributed by atoms with Crippen LogP contribution in [0.1, 0.15) is 47.3 Å². The normalized spacial score (nSPS) is 17.0. The lowest BCUT2D eigenvalue weighted by Crippen LogP contribution is -2.44. The largest absolute Gasteiger partial charge is 0.334 e. The standard InChI is InChI=1S/C21H26N6O/c1-17-7-2-3-8-18(17)15-26-16-20(23-24-26)21(28)27-13-5-4-9-19(27)10-14-25-12-6-11-22-25/h2-3,6-8,11-12,16,19H,4-5,9-10,13-15H2,1H3/t19-/m0/s1. The minimum absolute atomic E-state index is 0.0128. The van der Waals surface area contributed by atoms with Crippen molar-refractivity contribution in [2.24, 2.45) is 0 Å². The van der Waals surface area contributed by atoms with E-state index in [-0.39, 0.29) is 11.9 Å². The lowest BCUT2D eigenvalue weighted by molar-refractivity contribution is 0.0587. The minimum atomic E-state index is -0.0128. The van der Waals surface area contributed by atoms with Crippen molar-refractivity contribution in [3.63, 3.8) is 0 Å². The summed E-state index contributed by atoms with van der Waals surface area (Å²) in [5.74, 6) is -0.0128. The summed E-state index contributed by atoms with van der Waals surface area (Å²) >= 11 is 0. The molecular weight excluding hydrogens is 352 g/mol. The van der Waals surface area contributed by atoms with Gasteiger partial charge < -0.3 is 4.90 Å². The molecule has 1 aliphatic heterocycles. The van der Waals surface area contributed by atoms with Gasteiger partial charge >= 0.3 is 0 Å². The molecule has 146 valence electrons. The fraction of sp³-hybridized carbons (Fsp3) is 0.429. The van der Waals surface area contributed by atoms with E-state index in [2.05, 4.69) is 34.5 Å². The number of benzene rings is 1. The zero-order valence-corrected chi connectivity index (χ0v) is 16.2. The van der Waals surface area contributed by atoms with Crippen molar-refractivity contribution >= 4 is 5.91 Å². The van der Waals surface area contributed by atoms with Crippen LogP contribution in [0.2, 0.25) is 0 Å². The molecular formula is C21H26N6O. The number of aryl methyl sites for hydroxylation is 2. The third-order valence-corrected chi connectivity index (χ3v) is 5.49. The van der Waals surface area contributed by atoms with Gasteiger partial charge in [0.15, 0.2) is 5.69 Å². The van der Waals surface area contributed by atoms with Crippen molar-refractivity contribution in [3.05, 3.63) is 65.7 Å². The Hall–Kier alpha value is -2.96. The molecule has 1 fully saturated rings. The predicted molar refractivity (Wildman–Crippen MR) is 106 cm³/mol. The monoisotopic (exact) mass is 378 g/mol. The summed E-state index contributed by atoms with van der Waals surface area (Å²) in [6, 6.07) is 10.4. The highest BCUT2D eigenvalue weighted by atomic mass is 16.2. The first-order valence-corrected chi connectivity index (χ1v) is 9.94. The number of rotatable bonds is 6. The van der Waals surface area contributed by atoms with Crippen LogP contribution in [0.4, 0.5) is 0 Å². The fourth-order valence-electron chi connectivity index (χ4n) is 3.86. The maximum absolute atomic E-state index is 13.1. The van der Waals surface area contributed by atoms with Crippen LogP contribution in [0.3, 0.4) is 0 Å². The van der Waals surface area contributed by atoms with E-state index < -0.39 is 0 Å². The Bertz CT molecular complexity index is 917. The number of nitrogens with zero attached hydrogens (tertiary/aromatic N) is 6. The fourth-order valence-corrected chi connectivity index (χ4v) is 3.86. The van der Waals surface area contributed by atoms with E-state index in [0.29, 0.717) is 12.2 Å². The first-order valence-electron chi connectivity index (χ1n) is 9.94. The SMILES string of the molecule is Cc1ccccc1Cn1cc(C(=O)N2CCCC[C@H]2CCn2cccn2)nn1. The first kappa shape index (κ1) is 18.4. The van der Waals surface area contributed by atoms with Crippen molar-refractivity contribution in [1.82, 2.24) is 29.7 Å². The van der Waals surface area contributed by atoms with Crippen molar-refractivity contribution in [1.29, 1.82) is 0 Å². The van der Waals surface area contributed by atoms with E-state index in [9.17, 15) is 4.79 Å². The maximum Gasteiger partial charge on any atom is 0.276 e. The second-order valence-electron chi connectivity index (χ2n) is 7.43. The summed E-state index contributed by atoms with van der Waals surface area (Å²) in [7, 11) is 0. The van der Waals surface area contributed by atoms with Crippen molar-refractivity contribution < 1.29 is 4.79 Å². The third kappa shape index (κ3) is 4.13. The quantitative estimate of drug-likeness (QED) is 0.661. The van der Waals surface area contributed by atoms with Crippen LogP contribution >= 0.6 is 0 Å². The topological polar surface area (TPSA) is 68.8 Å². The van der Waals surface area contributed by atoms with Gasteiger partial charge in [0, 0.05) is 31.5 Å². The molecule has 0 bridgehead atoms. The summed E-state index contributed by atoms with van der Waals surface area (Å²) in [4.78, 5) is 15.1. The number of hydrogen-bond acceptors (Lipinski definition) is 4. The minimum Gasteiger partial charge on any atom is -0.334 e. The Labute approximate surface area is 165 Å². The summed E-state index contributed by atoms with van der Waals surface area (Å²) in [5, 5.41) is 12.6. The maximum atomic E-state index is 13.1. The molecule has 3 aromatic rings. The van der Waals surface area contributed by atoms with E-state index >= 15 is 0 Å². The second kappa shape index (κ2) is 8.37. The molecule has 1 aliphatic rings. The van der Waals surface area contributed by atoms with E-state index in [1.54, 1.807) is 17.1 Å². The number of aromatic nitrogens is 5. The van der Waals surface area contributed by atoms with Crippen LogP contribution < -0.4 is 0 Å². The Morgan fingerprint density at radius 3 is 2.89 bits per heavy atom. The molecule has 7 nitrogen and oxygen atoms in total. The smallest absolute Gasteiger partial charge is 0.276 e. The molecule has 3 heterocycles. The molecule has 0 unspecified atom stereocenters. The molecule has 7 heteroatoms. The highest BCUT2D eigenvalue weighted by Gasteiger charge is 2.29. The highest BCUT2D eigenvalue weighted by molar-refractivity contribution is 5.92. The Morgan fingerprint density at radius 1 is 1.18 bits per heavy atom. The number of amides is 1. The van der Waals surface area contributed by atoms with Crippen molar-refractivity contribution in [2.45, 2.75) is 51.7 Å². The van der Waals surface area contributed by atoms with Crippen LogP contribution in [0.5, 0.6) is 0 Å². The molecule has 1 aromatic carbocycles. The van der Waals surface area contributed by atoms with Crippen molar-refractivity contribution in [2.75, 3.05) is 6.54 Å². The Kier molecular flexibility index (Phi) is 5.50. The van der Waals surface area contributed by atoms with Gasteiger partial charge in [-0.3, -0.25) is 9.48 Å². The third-order valence-electron chi connectivity index (χ3n) is 5.49. The van der Waals surface area contributed by atoms with Gasteiger partial charge in [-0.1, -0.05) is 29.5 Å².